The van der Waals surface area contributed by atoms with Crippen LogP contribution in [0.2, 0.25) is 0 Å². The van der Waals surface area contributed by atoms with Crippen LogP contribution in [0.5, 0.6) is 11.5 Å². The second-order valence-corrected chi connectivity index (χ2v) is 4.64. The zero-order valence-corrected chi connectivity index (χ0v) is 9.66. The summed E-state index contributed by atoms with van der Waals surface area (Å²) in [5, 5.41) is 22.8. The quantitative estimate of drug-likeness (QED) is 0.669. The van der Waals surface area contributed by atoms with Crippen LogP contribution in [-0.2, 0) is 6.42 Å². The predicted molar refractivity (Wildman–Crippen MR) is 63.8 cm³/mol. The molecular weight excluding hydrogens is 202 g/mol. The van der Waals surface area contributed by atoms with Crippen LogP contribution in [0.15, 0.2) is 12.1 Å². The Morgan fingerprint density at radius 3 is 2.56 bits per heavy atom. The van der Waals surface area contributed by atoms with E-state index in [0.29, 0.717) is 5.92 Å². The van der Waals surface area contributed by atoms with Crippen molar-refractivity contribution in [3.63, 3.8) is 0 Å². The molecule has 1 saturated heterocycles. The fourth-order valence-corrected chi connectivity index (χ4v) is 2.28. The molecule has 0 spiro atoms. The molecule has 1 aromatic carbocycles. The maximum absolute atomic E-state index is 9.84. The summed E-state index contributed by atoms with van der Waals surface area (Å²) in [6.45, 7) is 3.91. The number of hydrogen-bond donors (Lipinski definition) is 3. The van der Waals surface area contributed by atoms with Crippen molar-refractivity contribution in [3.8, 4) is 11.5 Å². The van der Waals surface area contributed by atoms with Crippen LogP contribution in [0.3, 0.4) is 0 Å². The molecule has 2 rings (SSSR count). The van der Waals surface area contributed by atoms with Gasteiger partial charge in [0.05, 0.1) is 0 Å². The summed E-state index contributed by atoms with van der Waals surface area (Å²) >= 11 is 0. The van der Waals surface area contributed by atoms with Crippen LogP contribution >= 0.6 is 0 Å². The lowest BCUT2D eigenvalue weighted by Crippen LogP contribution is -2.28. The lowest BCUT2D eigenvalue weighted by atomic mass is 9.90. The molecule has 0 aliphatic carbocycles. The van der Waals surface area contributed by atoms with Gasteiger partial charge in [-0.1, -0.05) is 12.1 Å². The molecule has 0 aromatic heterocycles. The van der Waals surface area contributed by atoms with Gasteiger partial charge in [-0.15, -0.1) is 0 Å². The number of phenolic OH excluding ortho intramolecular Hbond substituents is 2. The van der Waals surface area contributed by atoms with E-state index in [4.69, 9.17) is 0 Å². The van der Waals surface area contributed by atoms with Crippen LogP contribution in [0.4, 0.5) is 0 Å². The van der Waals surface area contributed by atoms with E-state index in [0.717, 1.165) is 43.5 Å². The van der Waals surface area contributed by atoms with Crippen LogP contribution in [-0.4, -0.2) is 23.3 Å². The van der Waals surface area contributed by atoms with Gasteiger partial charge in [-0.25, -0.2) is 0 Å². The Labute approximate surface area is 96.1 Å². The number of nitrogens with one attached hydrogen (secondary N) is 1. The van der Waals surface area contributed by atoms with Gasteiger partial charge in [0.15, 0.2) is 11.5 Å². The second kappa shape index (κ2) is 4.74. The molecule has 3 N–H and O–H groups in total. The minimum atomic E-state index is 0.0337. The average Bonchev–Trinajstić information content (AvgIpc) is 2.31. The first-order valence-corrected chi connectivity index (χ1v) is 5.89. The Hall–Kier alpha value is -1.22. The SMILES string of the molecule is Cc1ccc(CC2CCNCC2)c(O)c1O. The topological polar surface area (TPSA) is 52.5 Å². The molecule has 1 heterocycles. The Bertz CT molecular complexity index is 370. The number of piperidine rings is 1. The predicted octanol–water partition coefficient (Wildman–Crippen LogP) is 1.95. The Kier molecular flexibility index (Phi) is 3.34. The van der Waals surface area contributed by atoms with Crippen LogP contribution < -0.4 is 5.32 Å². The number of hydrogen-bond acceptors (Lipinski definition) is 3. The van der Waals surface area contributed by atoms with Crippen molar-refractivity contribution < 1.29 is 10.2 Å². The molecule has 1 fully saturated rings. The van der Waals surface area contributed by atoms with E-state index < -0.39 is 0 Å². The van der Waals surface area contributed by atoms with Gasteiger partial charge < -0.3 is 15.5 Å². The first-order chi connectivity index (χ1) is 7.68. The number of phenols is 2. The number of aromatic hydroxyl groups is 2. The van der Waals surface area contributed by atoms with Crippen molar-refractivity contribution in [1.82, 2.24) is 5.32 Å². The largest absolute Gasteiger partial charge is 0.504 e. The van der Waals surface area contributed by atoms with E-state index >= 15 is 0 Å². The molecule has 0 atom stereocenters. The molecule has 1 aromatic rings. The molecule has 16 heavy (non-hydrogen) atoms. The lowest BCUT2D eigenvalue weighted by Gasteiger charge is -2.23. The van der Waals surface area contributed by atoms with Gasteiger partial charge in [0.2, 0.25) is 0 Å². The van der Waals surface area contributed by atoms with Gasteiger partial charge in [0.25, 0.3) is 0 Å². The zero-order chi connectivity index (χ0) is 11.5. The molecule has 0 saturated carbocycles. The van der Waals surface area contributed by atoms with Gasteiger partial charge in [0, 0.05) is 0 Å². The highest BCUT2D eigenvalue weighted by molar-refractivity contribution is 5.49. The monoisotopic (exact) mass is 221 g/mol. The van der Waals surface area contributed by atoms with E-state index in [1.165, 1.54) is 0 Å². The molecule has 0 bridgehead atoms. The number of rotatable bonds is 2. The first-order valence-electron chi connectivity index (χ1n) is 5.89. The molecule has 0 amide bonds. The van der Waals surface area contributed by atoms with Crippen molar-refractivity contribution in [2.24, 2.45) is 5.92 Å². The van der Waals surface area contributed by atoms with Crippen molar-refractivity contribution in [2.45, 2.75) is 26.2 Å². The molecule has 1 aliphatic heterocycles. The first kappa shape index (κ1) is 11.3. The molecule has 0 unspecified atom stereocenters. The van der Waals surface area contributed by atoms with E-state index in [1.54, 1.807) is 6.92 Å². The minimum absolute atomic E-state index is 0.0337. The van der Waals surface area contributed by atoms with Crippen LogP contribution in [0.1, 0.15) is 24.0 Å². The maximum Gasteiger partial charge on any atom is 0.160 e. The molecule has 1 aliphatic rings. The van der Waals surface area contributed by atoms with E-state index in [9.17, 15) is 10.2 Å². The van der Waals surface area contributed by atoms with Gasteiger partial charge in [0.1, 0.15) is 0 Å². The normalized spacial score (nSPS) is 17.6. The summed E-state index contributed by atoms with van der Waals surface area (Å²) in [6.07, 6.45) is 3.16. The third kappa shape index (κ3) is 2.30. The van der Waals surface area contributed by atoms with E-state index in [-0.39, 0.29) is 11.5 Å². The van der Waals surface area contributed by atoms with Gasteiger partial charge in [-0.2, -0.15) is 0 Å². The maximum atomic E-state index is 9.84. The summed E-state index contributed by atoms with van der Waals surface area (Å²) in [7, 11) is 0. The molecule has 88 valence electrons. The van der Waals surface area contributed by atoms with Crippen molar-refractivity contribution in [1.29, 1.82) is 0 Å². The highest BCUT2D eigenvalue weighted by Crippen LogP contribution is 2.34. The minimum Gasteiger partial charge on any atom is -0.504 e. The Balaban J connectivity index is 2.11. The highest BCUT2D eigenvalue weighted by Gasteiger charge is 2.17. The fraction of sp³-hybridized carbons (Fsp3) is 0.538. The van der Waals surface area contributed by atoms with Gasteiger partial charge in [-0.05, 0) is 56.3 Å². The van der Waals surface area contributed by atoms with Crippen molar-refractivity contribution in [2.75, 3.05) is 13.1 Å². The Morgan fingerprint density at radius 1 is 1.19 bits per heavy atom. The number of aryl methyl sites for hydroxylation is 1. The van der Waals surface area contributed by atoms with Crippen LogP contribution in [0, 0.1) is 12.8 Å². The third-order valence-electron chi connectivity index (χ3n) is 3.40. The summed E-state index contributed by atoms with van der Waals surface area (Å²) in [5.41, 5.74) is 1.60. The standard InChI is InChI=1S/C13H19NO2/c1-9-2-3-11(13(16)12(9)15)8-10-4-6-14-7-5-10/h2-3,10,14-16H,4-8H2,1H3. The summed E-state index contributed by atoms with van der Waals surface area (Å²) in [4.78, 5) is 0. The van der Waals surface area contributed by atoms with E-state index in [1.807, 2.05) is 12.1 Å². The molecule has 3 heteroatoms. The lowest BCUT2D eigenvalue weighted by molar-refractivity contribution is 0.359. The molecule has 0 radical (unpaired) electrons. The second-order valence-electron chi connectivity index (χ2n) is 4.64. The summed E-state index contributed by atoms with van der Waals surface area (Å²) < 4.78 is 0. The number of benzene rings is 1. The summed E-state index contributed by atoms with van der Waals surface area (Å²) in [5.74, 6) is 0.722. The highest BCUT2D eigenvalue weighted by atomic mass is 16.3. The fourth-order valence-electron chi connectivity index (χ4n) is 2.28. The smallest absolute Gasteiger partial charge is 0.160 e. The molecular formula is C13H19NO2. The zero-order valence-electron chi connectivity index (χ0n) is 9.66. The Morgan fingerprint density at radius 2 is 1.88 bits per heavy atom. The van der Waals surface area contributed by atoms with Gasteiger partial charge >= 0.3 is 0 Å². The van der Waals surface area contributed by atoms with E-state index in [2.05, 4.69) is 5.32 Å². The van der Waals surface area contributed by atoms with Crippen molar-refractivity contribution in [3.05, 3.63) is 23.3 Å². The van der Waals surface area contributed by atoms with Gasteiger partial charge in [-0.3, -0.25) is 0 Å². The average molecular weight is 221 g/mol. The third-order valence-corrected chi connectivity index (χ3v) is 3.40. The van der Waals surface area contributed by atoms with Crippen molar-refractivity contribution >= 4 is 0 Å². The van der Waals surface area contributed by atoms with Crippen LogP contribution in [0.25, 0.3) is 0 Å². The summed E-state index contributed by atoms with van der Waals surface area (Å²) in [6, 6.07) is 3.79. The molecule has 3 nitrogen and oxygen atoms in total.